The molecular formula is C19H12F3N7O. The number of pyridine rings is 2. The zero-order valence-corrected chi connectivity index (χ0v) is 15.3. The third-order valence-electron chi connectivity index (χ3n) is 4.63. The van der Waals surface area contributed by atoms with Crippen molar-refractivity contribution in [2.45, 2.75) is 6.18 Å². The first-order valence-electron chi connectivity index (χ1n) is 8.72. The van der Waals surface area contributed by atoms with Crippen molar-refractivity contribution in [1.82, 2.24) is 34.9 Å². The zero-order valence-electron chi connectivity index (χ0n) is 15.3. The van der Waals surface area contributed by atoms with Gasteiger partial charge in [-0.1, -0.05) is 5.16 Å². The summed E-state index contributed by atoms with van der Waals surface area (Å²) in [7, 11) is 1.92. The molecule has 150 valence electrons. The minimum absolute atomic E-state index is 0.175. The molecule has 0 atom stereocenters. The van der Waals surface area contributed by atoms with E-state index in [1.807, 2.05) is 23.9 Å². The molecule has 30 heavy (non-hydrogen) atoms. The molecule has 0 amide bonds. The highest BCUT2D eigenvalue weighted by atomic mass is 19.4. The van der Waals surface area contributed by atoms with E-state index in [-0.39, 0.29) is 5.82 Å². The van der Waals surface area contributed by atoms with Gasteiger partial charge in [-0.05, 0) is 18.2 Å². The first kappa shape index (κ1) is 18.0. The van der Waals surface area contributed by atoms with Gasteiger partial charge in [-0.3, -0.25) is 15.1 Å². The molecule has 0 aliphatic rings. The maximum absolute atomic E-state index is 12.7. The molecule has 5 aromatic rings. The van der Waals surface area contributed by atoms with Gasteiger partial charge >= 0.3 is 12.1 Å². The zero-order chi connectivity index (χ0) is 20.9. The summed E-state index contributed by atoms with van der Waals surface area (Å²) in [6.07, 6.45) is 3.97. The van der Waals surface area contributed by atoms with Crippen LogP contribution in [-0.2, 0) is 13.2 Å². The lowest BCUT2D eigenvalue weighted by Crippen LogP contribution is -2.04. The van der Waals surface area contributed by atoms with E-state index in [1.54, 1.807) is 24.7 Å². The highest BCUT2D eigenvalue weighted by Gasteiger charge is 2.38. The van der Waals surface area contributed by atoms with E-state index in [1.165, 1.54) is 12.3 Å². The van der Waals surface area contributed by atoms with Gasteiger partial charge in [0.05, 0.1) is 29.3 Å². The smallest absolute Gasteiger partial charge is 0.349 e. The van der Waals surface area contributed by atoms with Crippen molar-refractivity contribution in [3.63, 3.8) is 0 Å². The Kier molecular flexibility index (Phi) is 3.91. The van der Waals surface area contributed by atoms with E-state index < -0.39 is 12.1 Å². The summed E-state index contributed by atoms with van der Waals surface area (Å²) in [5.41, 5.74) is 4.16. The second-order valence-electron chi connectivity index (χ2n) is 6.58. The molecule has 0 radical (unpaired) electrons. The molecule has 0 aliphatic heterocycles. The van der Waals surface area contributed by atoms with Crippen LogP contribution in [0.2, 0.25) is 0 Å². The lowest BCUT2D eigenvalue weighted by molar-refractivity contribution is -0.159. The summed E-state index contributed by atoms with van der Waals surface area (Å²) in [6.45, 7) is 0. The topological polar surface area (TPSA) is 98.3 Å². The van der Waals surface area contributed by atoms with E-state index in [0.29, 0.717) is 17.0 Å². The maximum Gasteiger partial charge on any atom is 0.471 e. The SMILES string of the molecule is Cn1cc(-c2cn[nH]c2)c2cc(-c3cc(-c4noc(C(F)(F)F)n4)ccn3)ncc21. The van der Waals surface area contributed by atoms with Gasteiger partial charge in [0, 0.05) is 47.7 Å². The van der Waals surface area contributed by atoms with Gasteiger partial charge in [-0.25, -0.2) is 0 Å². The van der Waals surface area contributed by atoms with E-state index >= 15 is 0 Å². The van der Waals surface area contributed by atoms with Gasteiger partial charge < -0.3 is 9.09 Å². The van der Waals surface area contributed by atoms with Gasteiger partial charge in [-0.2, -0.15) is 23.3 Å². The van der Waals surface area contributed by atoms with Crippen LogP contribution in [0.15, 0.2) is 53.7 Å². The van der Waals surface area contributed by atoms with Crippen LogP contribution in [0.5, 0.6) is 0 Å². The van der Waals surface area contributed by atoms with Crippen LogP contribution in [0.25, 0.3) is 44.8 Å². The van der Waals surface area contributed by atoms with Crippen molar-refractivity contribution >= 4 is 10.9 Å². The predicted octanol–water partition coefficient (Wildman–Crippen LogP) is 4.09. The number of aromatic amines is 1. The normalized spacial score (nSPS) is 12.0. The van der Waals surface area contributed by atoms with Crippen molar-refractivity contribution in [3.05, 3.63) is 55.1 Å². The molecule has 0 saturated heterocycles. The molecule has 0 bridgehead atoms. The quantitative estimate of drug-likeness (QED) is 0.480. The molecule has 5 heterocycles. The summed E-state index contributed by atoms with van der Waals surface area (Å²) in [5.74, 6) is -1.57. The molecule has 11 heteroatoms. The third kappa shape index (κ3) is 3.00. The van der Waals surface area contributed by atoms with Gasteiger partial charge in [0.2, 0.25) is 5.82 Å². The summed E-state index contributed by atoms with van der Waals surface area (Å²) in [5, 5.41) is 11.2. The second-order valence-corrected chi connectivity index (χ2v) is 6.58. The average molecular weight is 411 g/mol. The maximum atomic E-state index is 12.7. The fourth-order valence-corrected chi connectivity index (χ4v) is 3.21. The molecule has 5 aromatic heterocycles. The highest BCUT2D eigenvalue weighted by molar-refractivity contribution is 5.97. The molecular weight excluding hydrogens is 399 g/mol. The third-order valence-corrected chi connectivity index (χ3v) is 4.63. The Bertz CT molecular complexity index is 1350. The van der Waals surface area contributed by atoms with Gasteiger partial charge in [-0.15, -0.1) is 0 Å². The van der Waals surface area contributed by atoms with Crippen LogP contribution in [0.4, 0.5) is 13.2 Å². The Morgan fingerprint density at radius 2 is 1.90 bits per heavy atom. The van der Waals surface area contributed by atoms with Crippen LogP contribution < -0.4 is 0 Å². The monoisotopic (exact) mass is 411 g/mol. The van der Waals surface area contributed by atoms with E-state index in [2.05, 4.69) is 34.8 Å². The Labute approximate surface area is 166 Å². The number of H-pyrrole nitrogens is 1. The lowest BCUT2D eigenvalue weighted by atomic mass is 10.1. The van der Waals surface area contributed by atoms with E-state index in [9.17, 15) is 13.2 Å². The minimum Gasteiger partial charge on any atom is -0.349 e. The Morgan fingerprint density at radius 1 is 1.07 bits per heavy atom. The molecule has 0 saturated carbocycles. The molecule has 1 N–H and O–H groups in total. The number of nitrogens with zero attached hydrogens (tertiary/aromatic N) is 6. The molecule has 0 aromatic carbocycles. The molecule has 8 nitrogen and oxygen atoms in total. The number of aromatic nitrogens is 7. The van der Waals surface area contributed by atoms with E-state index in [4.69, 9.17) is 0 Å². The Hall–Kier alpha value is -4.02. The van der Waals surface area contributed by atoms with Gasteiger partial charge in [0.25, 0.3) is 0 Å². The number of rotatable bonds is 3. The fourth-order valence-electron chi connectivity index (χ4n) is 3.21. The standard InChI is InChI=1S/C19H12F3N7O/c1-29-9-13(11-6-25-26-7-11)12-5-15(24-8-16(12)29)14-4-10(2-3-23-14)17-27-18(30-28-17)19(20,21)22/h2-9H,1H3,(H,25,26). The molecule has 0 aliphatic carbocycles. The van der Waals surface area contributed by atoms with Gasteiger partial charge in [0.15, 0.2) is 0 Å². The van der Waals surface area contributed by atoms with Crippen LogP contribution >= 0.6 is 0 Å². The highest BCUT2D eigenvalue weighted by Crippen LogP contribution is 2.33. The number of nitrogens with one attached hydrogen (secondary N) is 1. The van der Waals surface area contributed by atoms with Crippen molar-refractivity contribution in [2.75, 3.05) is 0 Å². The summed E-state index contributed by atoms with van der Waals surface area (Å²) in [4.78, 5) is 12.2. The molecule has 0 fully saturated rings. The van der Waals surface area contributed by atoms with Crippen molar-refractivity contribution in [1.29, 1.82) is 0 Å². The summed E-state index contributed by atoms with van der Waals surface area (Å²) >= 11 is 0. The molecule has 5 rings (SSSR count). The van der Waals surface area contributed by atoms with Crippen LogP contribution in [0.3, 0.4) is 0 Å². The van der Waals surface area contributed by atoms with Crippen molar-refractivity contribution in [3.8, 4) is 33.9 Å². The summed E-state index contributed by atoms with van der Waals surface area (Å²) in [6, 6.07) is 4.95. The first-order chi connectivity index (χ1) is 14.4. The van der Waals surface area contributed by atoms with Crippen LogP contribution in [0, 0.1) is 0 Å². The Balaban J connectivity index is 1.59. The predicted molar refractivity (Wildman–Crippen MR) is 99.8 cm³/mol. The van der Waals surface area contributed by atoms with Crippen molar-refractivity contribution < 1.29 is 17.7 Å². The van der Waals surface area contributed by atoms with Crippen LogP contribution in [-0.4, -0.2) is 34.9 Å². The lowest BCUT2D eigenvalue weighted by Gasteiger charge is -2.04. The van der Waals surface area contributed by atoms with E-state index in [0.717, 1.165) is 22.0 Å². The Morgan fingerprint density at radius 3 is 2.63 bits per heavy atom. The second kappa shape index (κ2) is 6.51. The largest absolute Gasteiger partial charge is 0.471 e. The minimum atomic E-state index is -4.70. The number of hydrogen-bond donors (Lipinski definition) is 1. The number of halogens is 3. The number of aryl methyl sites for hydroxylation is 1. The number of hydrogen-bond acceptors (Lipinski definition) is 6. The fraction of sp³-hybridized carbons (Fsp3) is 0.105. The van der Waals surface area contributed by atoms with Gasteiger partial charge in [0.1, 0.15) is 0 Å². The molecule has 0 spiro atoms. The number of alkyl halides is 3. The average Bonchev–Trinajstić information content (AvgIpc) is 3.48. The van der Waals surface area contributed by atoms with Crippen LogP contribution in [0.1, 0.15) is 5.89 Å². The molecule has 0 unspecified atom stereocenters. The first-order valence-corrected chi connectivity index (χ1v) is 8.72. The van der Waals surface area contributed by atoms with Crippen molar-refractivity contribution in [2.24, 2.45) is 7.05 Å². The number of fused-ring (bicyclic) bond motifs is 1. The summed E-state index contributed by atoms with van der Waals surface area (Å²) < 4.78 is 44.5.